The maximum atomic E-state index is 13.0. The van der Waals surface area contributed by atoms with Crippen LogP contribution in [-0.2, 0) is 17.8 Å². The van der Waals surface area contributed by atoms with Crippen LogP contribution in [0.25, 0.3) is 5.65 Å². The fraction of sp³-hybridized carbons (Fsp3) is 0.211. The van der Waals surface area contributed by atoms with E-state index in [0.29, 0.717) is 18.8 Å². The number of aryl methyl sites for hydroxylation is 1. The first-order valence-electron chi connectivity index (χ1n) is 8.79. The highest BCUT2D eigenvalue weighted by Crippen LogP contribution is 2.16. The van der Waals surface area contributed by atoms with Gasteiger partial charge in [0.2, 0.25) is 5.91 Å². The number of tetrazole rings is 1. The van der Waals surface area contributed by atoms with Crippen molar-refractivity contribution in [3.63, 3.8) is 0 Å². The third-order valence-electron chi connectivity index (χ3n) is 4.44. The number of halogens is 1. The van der Waals surface area contributed by atoms with Gasteiger partial charge in [-0.2, -0.15) is 0 Å². The molecule has 0 saturated heterocycles. The molecule has 1 N–H and O–H groups in total. The molecule has 8 nitrogen and oxygen atoms in total. The van der Waals surface area contributed by atoms with Crippen LogP contribution in [0.2, 0.25) is 0 Å². The van der Waals surface area contributed by atoms with Gasteiger partial charge in [0.05, 0.1) is 12.2 Å². The SMILES string of the molecule is Cc1nnnn1C(Cc1ccccc1)C(=O)NCc1cn2cc(Br)ccc2n1. The van der Waals surface area contributed by atoms with Crippen molar-refractivity contribution in [1.82, 2.24) is 34.9 Å². The number of amides is 1. The quantitative estimate of drug-likeness (QED) is 0.498. The Morgan fingerprint density at radius 2 is 2.00 bits per heavy atom. The van der Waals surface area contributed by atoms with Crippen LogP contribution >= 0.6 is 15.9 Å². The minimum absolute atomic E-state index is 0.155. The zero-order chi connectivity index (χ0) is 19.5. The Kier molecular flexibility index (Phi) is 5.16. The predicted molar refractivity (Wildman–Crippen MR) is 106 cm³/mol. The molecule has 1 aromatic carbocycles. The molecule has 0 spiro atoms. The summed E-state index contributed by atoms with van der Waals surface area (Å²) in [4.78, 5) is 17.5. The Morgan fingerprint density at radius 1 is 1.18 bits per heavy atom. The third-order valence-corrected chi connectivity index (χ3v) is 4.90. The molecule has 0 aliphatic rings. The second kappa shape index (κ2) is 7.89. The molecule has 28 heavy (non-hydrogen) atoms. The number of hydrogen-bond donors (Lipinski definition) is 1. The predicted octanol–water partition coefficient (Wildman–Crippen LogP) is 2.49. The second-order valence-corrected chi connectivity index (χ2v) is 7.35. The van der Waals surface area contributed by atoms with Crippen LogP contribution in [0.15, 0.2) is 59.3 Å². The maximum absolute atomic E-state index is 13.0. The van der Waals surface area contributed by atoms with Crippen molar-refractivity contribution in [2.75, 3.05) is 0 Å². The summed E-state index contributed by atoms with van der Waals surface area (Å²) in [5.74, 6) is 0.436. The van der Waals surface area contributed by atoms with E-state index >= 15 is 0 Å². The topological polar surface area (TPSA) is 90.0 Å². The minimum Gasteiger partial charge on any atom is -0.349 e. The summed E-state index contributed by atoms with van der Waals surface area (Å²) < 4.78 is 4.44. The van der Waals surface area contributed by atoms with Crippen molar-refractivity contribution in [2.24, 2.45) is 0 Å². The van der Waals surface area contributed by atoms with E-state index in [1.54, 1.807) is 11.6 Å². The van der Waals surface area contributed by atoms with E-state index in [2.05, 4.69) is 41.8 Å². The second-order valence-electron chi connectivity index (χ2n) is 6.44. The van der Waals surface area contributed by atoms with Crippen molar-refractivity contribution in [3.8, 4) is 0 Å². The summed E-state index contributed by atoms with van der Waals surface area (Å²) >= 11 is 3.44. The van der Waals surface area contributed by atoms with Crippen LogP contribution in [0.4, 0.5) is 0 Å². The molecule has 3 heterocycles. The van der Waals surface area contributed by atoms with E-state index in [0.717, 1.165) is 21.4 Å². The number of imidazole rings is 1. The molecule has 4 rings (SSSR count). The summed E-state index contributed by atoms with van der Waals surface area (Å²) in [6.07, 6.45) is 4.32. The molecule has 142 valence electrons. The zero-order valence-corrected chi connectivity index (χ0v) is 16.7. The van der Waals surface area contributed by atoms with E-state index in [9.17, 15) is 4.79 Å². The molecule has 0 aliphatic carbocycles. The highest BCUT2D eigenvalue weighted by Gasteiger charge is 2.24. The van der Waals surface area contributed by atoms with E-state index in [1.807, 2.05) is 59.3 Å². The average molecular weight is 440 g/mol. The first-order valence-corrected chi connectivity index (χ1v) is 9.59. The Labute approximate surface area is 169 Å². The molecule has 1 atom stereocenters. The Hall–Kier alpha value is -3.07. The van der Waals surface area contributed by atoms with Gasteiger partial charge in [0, 0.05) is 23.3 Å². The third kappa shape index (κ3) is 3.94. The van der Waals surface area contributed by atoms with E-state index in [1.165, 1.54) is 0 Å². The number of hydrogen-bond acceptors (Lipinski definition) is 5. The number of nitrogens with zero attached hydrogens (tertiary/aromatic N) is 6. The van der Waals surface area contributed by atoms with Crippen LogP contribution in [0.1, 0.15) is 23.1 Å². The molecule has 4 aromatic rings. The van der Waals surface area contributed by atoms with Crippen molar-refractivity contribution in [3.05, 3.63) is 76.4 Å². The van der Waals surface area contributed by atoms with Crippen LogP contribution in [-0.4, -0.2) is 35.5 Å². The number of rotatable bonds is 6. The maximum Gasteiger partial charge on any atom is 0.245 e. The first-order chi connectivity index (χ1) is 13.6. The van der Waals surface area contributed by atoms with E-state index < -0.39 is 6.04 Å². The van der Waals surface area contributed by atoms with Gasteiger partial charge >= 0.3 is 0 Å². The summed E-state index contributed by atoms with van der Waals surface area (Å²) in [6.45, 7) is 2.11. The number of nitrogens with one attached hydrogen (secondary N) is 1. The Bertz CT molecular complexity index is 1110. The molecular weight excluding hydrogens is 422 g/mol. The largest absolute Gasteiger partial charge is 0.349 e. The molecule has 3 aromatic heterocycles. The van der Waals surface area contributed by atoms with Gasteiger partial charge in [-0.05, 0) is 51.0 Å². The van der Waals surface area contributed by atoms with Crippen molar-refractivity contribution < 1.29 is 4.79 Å². The summed E-state index contributed by atoms with van der Waals surface area (Å²) in [5, 5.41) is 14.6. The number of fused-ring (bicyclic) bond motifs is 1. The first kappa shape index (κ1) is 18.3. The van der Waals surface area contributed by atoms with Gasteiger partial charge in [-0.15, -0.1) is 5.10 Å². The lowest BCUT2D eigenvalue weighted by atomic mass is 10.1. The van der Waals surface area contributed by atoms with Gasteiger partial charge in [0.1, 0.15) is 17.5 Å². The minimum atomic E-state index is -0.538. The van der Waals surface area contributed by atoms with Crippen LogP contribution in [0.5, 0.6) is 0 Å². The van der Waals surface area contributed by atoms with Crippen LogP contribution < -0.4 is 5.32 Å². The molecule has 0 aliphatic heterocycles. The fourth-order valence-electron chi connectivity index (χ4n) is 3.05. The van der Waals surface area contributed by atoms with Gasteiger partial charge in [-0.1, -0.05) is 30.3 Å². The van der Waals surface area contributed by atoms with Crippen molar-refractivity contribution >= 4 is 27.5 Å². The molecule has 0 radical (unpaired) electrons. The summed E-state index contributed by atoms with van der Waals surface area (Å²) in [6, 6.07) is 13.1. The van der Waals surface area contributed by atoms with Crippen molar-refractivity contribution in [2.45, 2.75) is 25.9 Å². The van der Waals surface area contributed by atoms with Gasteiger partial charge in [0.25, 0.3) is 0 Å². The Morgan fingerprint density at radius 3 is 2.75 bits per heavy atom. The molecule has 9 heteroatoms. The standard InChI is InChI=1S/C19H18BrN7O/c1-13-23-24-25-27(13)17(9-14-5-3-2-4-6-14)19(28)21-10-16-12-26-11-15(20)7-8-18(26)22-16/h2-8,11-12,17H,9-10H2,1H3,(H,21,28). The normalized spacial score (nSPS) is 12.2. The molecule has 0 fully saturated rings. The van der Waals surface area contributed by atoms with Crippen LogP contribution in [0, 0.1) is 6.92 Å². The van der Waals surface area contributed by atoms with E-state index in [4.69, 9.17) is 0 Å². The number of aromatic nitrogens is 6. The number of carbonyl (C=O) groups excluding carboxylic acids is 1. The lowest BCUT2D eigenvalue weighted by Gasteiger charge is -2.17. The van der Waals surface area contributed by atoms with Gasteiger partial charge in [-0.25, -0.2) is 9.67 Å². The average Bonchev–Trinajstić information content (AvgIpc) is 3.30. The monoisotopic (exact) mass is 439 g/mol. The lowest BCUT2D eigenvalue weighted by Crippen LogP contribution is -2.34. The van der Waals surface area contributed by atoms with Gasteiger partial charge in [-0.3, -0.25) is 4.79 Å². The summed E-state index contributed by atoms with van der Waals surface area (Å²) in [7, 11) is 0. The fourth-order valence-corrected chi connectivity index (χ4v) is 3.40. The van der Waals surface area contributed by atoms with Gasteiger partial charge in [0.15, 0.2) is 0 Å². The van der Waals surface area contributed by atoms with Crippen molar-refractivity contribution in [1.29, 1.82) is 0 Å². The lowest BCUT2D eigenvalue weighted by molar-refractivity contribution is -0.124. The number of pyridine rings is 1. The number of carbonyl (C=O) groups is 1. The molecule has 0 saturated carbocycles. The summed E-state index contributed by atoms with van der Waals surface area (Å²) in [5.41, 5.74) is 2.64. The molecular formula is C19H18BrN7O. The number of benzene rings is 1. The van der Waals surface area contributed by atoms with E-state index in [-0.39, 0.29) is 5.91 Å². The Balaban J connectivity index is 1.52. The van der Waals surface area contributed by atoms with Crippen LogP contribution in [0.3, 0.4) is 0 Å². The molecule has 0 bridgehead atoms. The highest BCUT2D eigenvalue weighted by molar-refractivity contribution is 9.10. The molecule has 1 unspecified atom stereocenters. The highest BCUT2D eigenvalue weighted by atomic mass is 79.9. The molecule has 1 amide bonds. The van der Waals surface area contributed by atoms with Gasteiger partial charge < -0.3 is 9.72 Å². The smallest absolute Gasteiger partial charge is 0.245 e. The zero-order valence-electron chi connectivity index (χ0n) is 15.2.